The average molecular weight is 420 g/mol. The summed E-state index contributed by atoms with van der Waals surface area (Å²) in [6.07, 6.45) is 3.30. The molecular formula is C19H31Cl2N3O3. The van der Waals surface area contributed by atoms with Gasteiger partial charge in [-0.25, -0.2) is 0 Å². The number of piperidine rings is 1. The molecule has 0 radical (unpaired) electrons. The molecular weight excluding hydrogens is 389 g/mol. The summed E-state index contributed by atoms with van der Waals surface area (Å²) >= 11 is 0. The average Bonchev–Trinajstić information content (AvgIpc) is 2.69. The van der Waals surface area contributed by atoms with Crippen LogP contribution < -0.4 is 20.7 Å². The number of para-hydroxylation sites is 2. The minimum absolute atomic E-state index is 0. The standard InChI is InChI=1S/C19H29N3O3.2ClH/c1-24-17-5-3-2-4-16(17)22-10-6-15(7-11-22)21-18(23)19(14-20)8-12-25-13-9-19;;/h2-5,15H,6-14,20H2,1H3,(H,21,23);2*1H. The molecule has 1 amide bonds. The zero-order valence-corrected chi connectivity index (χ0v) is 17.4. The third-order valence-corrected chi connectivity index (χ3v) is 5.58. The molecule has 154 valence electrons. The molecule has 2 aliphatic heterocycles. The van der Waals surface area contributed by atoms with Crippen LogP contribution in [-0.2, 0) is 9.53 Å². The number of carbonyl (C=O) groups is 1. The maximum Gasteiger partial charge on any atom is 0.227 e. The van der Waals surface area contributed by atoms with E-state index in [9.17, 15) is 4.79 Å². The Hall–Kier alpha value is -1.21. The molecule has 8 heteroatoms. The van der Waals surface area contributed by atoms with Gasteiger partial charge in [-0.3, -0.25) is 4.79 Å². The fraction of sp³-hybridized carbons (Fsp3) is 0.632. The number of ether oxygens (including phenoxy) is 2. The van der Waals surface area contributed by atoms with Gasteiger partial charge in [0.2, 0.25) is 5.91 Å². The number of amides is 1. The van der Waals surface area contributed by atoms with Crippen LogP contribution in [0.15, 0.2) is 24.3 Å². The molecule has 2 fully saturated rings. The Bertz CT molecular complexity index is 589. The first-order valence-corrected chi connectivity index (χ1v) is 9.15. The molecule has 0 bridgehead atoms. The highest BCUT2D eigenvalue weighted by molar-refractivity contribution is 5.85. The van der Waals surface area contributed by atoms with Gasteiger partial charge in [-0.15, -0.1) is 24.8 Å². The van der Waals surface area contributed by atoms with Gasteiger partial charge >= 0.3 is 0 Å². The summed E-state index contributed by atoms with van der Waals surface area (Å²) in [7, 11) is 1.70. The quantitative estimate of drug-likeness (QED) is 0.765. The molecule has 3 N–H and O–H groups in total. The van der Waals surface area contributed by atoms with Crippen LogP contribution in [-0.4, -0.2) is 51.9 Å². The molecule has 0 aliphatic carbocycles. The van der Waals surface area contributed by atoms with Crippen molar-refractivity contribution >= 4 is 36.4 Å². The fourth-order valence-electron chi connectivity index (χ4n) is 3.78. The van der Waals surface area contributed by atoms with Crippen molar-refractivity contribution < 1.29 is 14.3 Å². The van der Waals surface area contributed by atoms with Crippen LogP contribution in [0, 0.1) is 5.41 Å². The Balaban J connectivity index is 0.00000182. The highest BCUT2D eigenvalue weighted by atomic mass is 35.5. The van der Waals surface area contributed by atoms with E-state index in [1.165, 1.54) is 0 Å². The monoisotopic (exact) mass is 419 g/mol. The molecule has 0 atom stereocenters. The van der Waals surface area contributed by atoms with Crippen molar-refractivity contribution in [1.29, 1.82) is 0 Å². The van der Waals surface area contributed by atoms with E-state index in [2.05, 4.69) is 16.3 Å². The second kappa shape index (κ2) is 11.0. The van der Waals surface area contributed by atoms with Crippen LogP contribution >= 0.6 is 24.8 Å². The van der Waals surface area contributed by atoms with E-state index in [0.717, 1.165) is 50.2 Å². The van der Waals surface area contributed by atoms with E-state index in [1.54, 1.807) is 7.11 Å². The number of nitrogens with one attached hydrogen (secondary N) is 1. The Morgan fingerprint density at radius 1 is 1.26 bits per heavy atom. The second-order valence-electron chi connectivity index (χ2n) is 7.00. The van der Waals surface area contributed by atoms with E-state index in [-0.39, 0.29) is 36.8 Å². The Morgan fingerprint density at radius 3 is 2.48 bits per heavy atom. The van der Waals surface area contributed by atoms with Gasteiger partial charge in [0, 0.05) is 38.9 Å². The normalized spacial score (nSPS) is 19.4. The topological polar surface area (TPSA) is 76.8 Å². The summed E-state index contributed by atoms with van der Waals surface area (Å²) < 4.78 is 10.9. The number of nitrogens with two attached hydrogens (primary N) is 1. The highest BCUT2D eigenvalue weighted by Crippen LogP contribution is 2.32. The first-order chi connectivity index (χ1) is 12.2. The van der Waals surface area contributed by atoms with Crippen molar-refractivity contribution in [2.45, 2.75) is 31.7 Å². The molecule has 0 unspecified atom stereocenters. The van der Waals surface area contributed by atoms with Crippen LogP contribution in [0.1, 0.15) is 25.7 Å². The lowest BCUT2D eigenvalue weighted by Gasteiger charge is -2.38. The van der Waals surface area contributed by atoms with Gasteiger partial charge in [-0.2, -0.15) is 0 Å². The van der Waals surface area contributed by atoms with Crippen molar-refractivity contribution in [3.05, 3.63) is 24.3 Å². The summed E-state index contributed by atoms with van der Waals surface area (Å²) in [4.78, 5) is 15.1. The lowest BCUT2D eigenvalue weighted by molar-refractivity contribution is -0.136. The first-order valence-electron chi connectivity index (χ1n) is 9.15. The van der Waals surface area contributed by atoms with Crippen LogP contribution in [0.5, 0.6) is 5.75 Å². The Morgan fingerprint density at radius 2 is 1.89 bits per heavy atom. The van der Waals surface area contributed by atoms with Crippen LogP contribution in [0.3, 0.4) is 0 Å². The van der Waals surface area contributed by atoms with Crippen molar-refractivity contribution in [3.8, 4) is 5.75 Å². The summed E-state index contributed by atoms with van der Waals surface area (Å²) in [5.74, 6) is 1.00. The minimum atomic E-state index is -0.446. The predicted octanol–water partition coefficient (Wildman–Crippen LogP) is 2.38. The lowest BCUT2D eigenvalue weighted by atomic mass is 9.79. The lowest BCUT2D eigenvalue weighted by Crippen LogP contribution is -2.53. The van der Waals surface area contributed by atoms with Gasteiger partial charge in [0.1, 0.15) is 5.75 Å². The number of nitrogens with zero attached hydrogens (tertiary/aromatic N) is 1. The minimum Gasteiger partial charge on any atom is -0.495 e. The van der Waals surface area contributed by atoms with E-state index in [4.69, 9.17) is 15.2 Å². The molecule has 1 aromatic rings. The van der Waals surface area contributed by atoms with Crippen molar-refractivity contribution in [1.82, 2.24) is 5.32 Å². The molecule has 27 heavy (non-hydrogen) atoms. The number of rotatable bonds is 5. The molecule has 2 aliphatic rings. The predicted molar refractivity (Wildman–Crippen MR) is 112 cm³/mol. The zero-order chi connectivity index (χ0) is 17.7. The van der Waals surface area contributed by atoms with Gasteiger partial charge in [0.05, 0.1) is 18.2 Å². The Labute approximate surface area is 174 Å². The highest BCUT2D eigenvalue weighted by Gasteiger charge is 2.39. The SMILES string of the molecule is COc1ccccc1N1CCC(NC(=O)C2(CN)CCOCC2)CC1.Cl.Cl. The van der Waals surface area contributed by atoms with Crippen molar-refractivity contribution in [2.24, 2.45) is 11.1 Å². The van der Waals surface area contributed by atoms with Gasteiger partial charge in [0.25, 0.3) is 0 Å². The smallest absolute Gasteiger partial charge is 0.227 e. The van der Waals surface area contributed by atoms with Crippen LogP contribution in [0.2, 0.25) is 0 Å². The second-order valence-corrected chi connectivity index (χ2v) is 7.00. The third-order valence-electron chi connectivity index (χ3n) is 5.58. The van der Waals surface area contributed by atoms with Crippen LogP contribution in [0.4, 0.5) is 5.69 Å². The molecule has 0 saturated carbocycles. The Kier molecular flexibility index (Phi) is 9.67. The largest absolute Gasteiger partial charge is 0.495 e. The molecule has 2 saturated heterocycles. The molecule has 0 spiro atoms. The van der Waals surface area contributed by atoms with Crippen molar-refractivity contribution in [3.63, 3.8) is 0 Å². The van der Waals surface area contributed by atoms with Crippen LogP contribution in [0.25, 0.3) is 0 Å². The summed E-state index contributed by atoms with van der Waals surface area (Å²) in [6, 6.07) is 8.30. The maximum absolute atomic E-state index is 12.8. The third kappa shape index (κ3) is 5.41. The number of hydrogen-bond acceptors (Lipinski definition) is 5. The van der Waals surface area contributed by atoms with Gasteiger partial charge in [0.15, 0.2) is 0 Å². The number of carbonyl (C=O) groups excluding carboxylic acids is 1. The van der Waals surface area contributed by atoms with Gasteiger partial charge < -0.3 is 25.4 Å². The van der Waals surface area contributed by atoms with E-state index in [1.807, 2.05) is 18.2 Å². The van der Waals surface area contributed by atoms with E-state index < -0.39 is 5.41 Å². The van der Waals surface area contributed by atoms with Gasteiger partial charge in [-0.05, 0) is 37.8 Å². The van der Waals surface area contributed by atoms with E-state index >= 15 is 0 Å². The number of hydrogen-bond donors (Lipinski definition) is 2. The zero-order valence-electron chi connectivity index (χ0n) is 15.8. The summed E-state index contributed by atoms with van der Waals surface area (Å²) in [5.41, 5.74) is 6.61. The molecule has 6 nitrogen and oxygen atoms in total. The number of anilines is 1. The van der Waals surface area contributed by atoms with Gasteiger partial charge in [-0.1, -0.05) is 12.1 Å². The number of methoxy groups -OCH3 is 1. The first kappa shape index (κ1) is 23.8. The molecule has 2 heterocycles. The van der Waals surface area contributed by atoms with Crippen molar-refractivity contribution in [2.75, 3.05) is 44.9 Å². The molecule has 1 aromatic carbocycles. The molecule has 3 rings (SSSR count). The maximum atomic E-state index is 12.8. The fourth-order valence-corrected chi connectivity index (χ4v) is 3.78. The van der Waals surface area contributed by atoms with E-state index in [0.29, 0.717) is 19.8 Å². The number of halogens is 2. The molecule has 0 aromatic heterocycles. The summed E-state index contributed by atoms with van der Waals surface area (Å²) in [5, 5.41) is 3.25. The summed E-state index contributed by atoms with van der Waals surface area (Å²) in [6.45, 7) is 3.45. The number of benzene rings is 1.